The summed E-state index contributed by atoms with van der Waals surface area (Å²) in [6, 6.07) is 13.9. The Morgan fingerprint density at radius 3 is 2.37 bits per heavy atom. The summed E-state index contributed by atoms with van der Waals surface area (Å²) in [6.07, 6.45) is 3.27. The van der Waals surface area contributed by atoms with Crippen LogP contribution >= 0.6 is 11.6 Å². The van der Waals surface area contributed by atoms with Crippen molar-refractivity contribution in [2.45, 2.75) is 30.1 Å². The molecule has 0 spiro atoms. The first-order valence-corrected chi connectivity index (χ1v) is 10.5. The van der Waals surface area contributed by atoms with Gasteiger partial charge in [0, 0.05) is 22.9 Å². The summed E-state index contributed by atoms with van der Waals surface area (Å²) in [6.45, 7) is 0.720. The van der Waals surface area contributed by atoms with Gasteiger partial charge in [-0.1, -0.05) is 23.7 Å². The van der Waals surface area contributed by atoms with Gasteiger partial charge in [-0.05, 0) is 49.2 Å². The summed E-state index contributed by atoms with van der Waals surface area (Å²) in [7, 11) is -3.74. The molecule has 0 saturated carbocycles. The number of hydrogen-bond acceptors (Lipinski definition) is 5. The number of ether oxygens (including phenoxy) is 2. The summed E-state index contributed by atoms with van der Waals surface area (Å²) in [5, 5.41) is 5.84. The van der Waals surface area contributed by atoms with Gasteiger partial charge in [-0.3, -0.25) is 4.90 Å². The summed E-state index contributed by atoms with van der Waals surface area (Å²) in [5.74, 6) is 0. The molecule has 27 heavy (non-hydrogen) atoms. The average Bonchev–Trinajstić information content (AvgIpc) is 3.31. The van der Waals surface area contributed by atoms with Gasteiger partial charge >= 0.3 is 0 Å². The molecule has 6 nitrogen and oxygen atoms in total. The van der Waals surface area contributed by atoms with E-state index in [1.54, 1.807) is 18.4 Å². The second kappa shape index (κ2) is 7.16. The Labute approximate surface area is 163 Å². The summed E-state index contributed by atoms with van der Waals surface area (Å²) in [4.78, 5) is 2.12. The number of sulfonamides is 1. The molecular weight excluding hydrogens is 388 g/mol. The first kappa shape index (κ1) is 18.3. The van der Waals surface area contributed by atoms with E-state index >= 15 is 0 Å². The van der Waals surface area contributed by atoms with Crippen molar-refractivity contribution in [1.29, 1.82) is 0 Å². The predicted octanol–water partition coefficient (Wildman–Crippen LogP) is 3.33. The second-order valence-corrected chi connectivity index (χ2v) is 8.49. The third-order valence-electron chi connectivity index (χ3n) is 4.70. The van der Waals surface area contributed by atoms with Crippen molar-refractivity contribution in [3.63, 3.8) is 0 Å². The van der Waals surface area contributed by atoms with Crippen LogP contribution in [-0.4, -0.2) is 27.4 Å². The predicted molar refractivity (Wildman–Crippen MR) is 104 cm³/mol. The molecule has 1 saturated heterocycles. The van der Waals surface area contributed by atoms with E-state index in [-0.39, 0.29) is 17.2 Å². The molecular formula is C19H19ClN2O4S. The minimum Gasteiger partial charge on any atom is -0.473 e. The van der Waals surface area contributed by atoms with Crippen molar-refractivity contribution >= 4 is 33.0 Å². The lowest BCUT2D eigenvalue weighted by Crippen LogP contribution is -2.40. The van der Waals surface area contributed by atoms with Crippen LogP contribution in [0.3, 0.4) is 0 Å². The minimum absolute atomic E-state index is 0.0434. The summed E-state index contributed by atoms with van der Waals surface area (Å²) in [5.41, 5.74) is 2.55. The van der Waals surface area contributed by atoms with Crippen LogP contribution < -0.4 is 10.0 Å². The maximum atomic E-state index is 11.5. The highest BCUT2D eigenvalue weighted by atomic mass is 35.5. The number of nitrogens with two attached hydrogens (primary N) is 1. The van der Waals surface area contributed by atoms with E-state index in [2.05, 4.69) is 4.90 Å². The first-order chi connectivity index (χ1) is 12.9. The fourth-order valence-corrected chi connectivity index (χ4v) is 4.02. The Morgan fingerprint density at radius 2 is 1.78 bits per heavy atom. The zero-order valence-corrected chi connectivity index (χ0v) is 16.0. The van der Waals surface area contributed by atoms with Crippen LogP contribution in [0.2, 0.25) is 5.02 Å². The number of nitrogens with zero attached hydrogens (tertiary/aromatic N) is 1. The lowest BCUT2D eigenvalue weighted by molar-refractivity contribution is 0.00341. The highest BCUT2D eigenvalue weighted by Gasteiger charge is 2.38. The van der Waals surface area contributed by atoms with Crippen molar-refractivity contribution in [1.82, 2.24) is 0 Å². The number of primary sulfonamides is 1. The molecule has 0 aliphatic carbocycles. The van der Waals surface area contributed by atoms with Crippen LogP contribution in [0.1, 0.15) is 18.4 Å². The van der Waals surface area contributed by atoms with Crippen LogP contribution in [0.4, 0.5) is 5.69 Å². The van der Waals surface area contributed by atoms with Gasteiger partial charge in [-0.2, -0.15) is 0 Å². The summed E-state index contributed by atoms with van der Waals surface area (Å²) >= 11 is 6.04. The molecule has 142 valence electrons. The van der Waals surface area contributed by atoms with Crippen LogP contribution in [0.5, 0.6) is 0 Å². The van der Waals surface area contributed by atoms with Crippen LogP contribution in [0.25, 0.3) is 5.70 Å². The number of rotatable bonds is 4. The number of hydrogen-bond donors (Lipinski definition) is 1. The zero-order valence-electron chi connectivity index (χ0n) is 14.4. The van der Waals surface area contributed by atoms with Gasteiger partial charge in [0.2, 0.25) is 16.3 Å². The molecule has 2 aliphatic heterocycles. The molecule has 2 aromatic carbocycles. The lowest BCUT2D eigenvalue weighted by Gasteiger charge is -2.31. The van der Waals surface area contributed by atoms with Crippen LogP contribution in [-0.2, 0) is 19.5 Å². The molecule has 2 atom stereocenters. The minimum atomic E-state index is -3.74. The normalized spacial score (nSPS) is 22.6. The van der Waals surface area contributed by atoms with Crippen molar-refractivity contribution in [3.8, 4) is 0 Å². The second-order valence-electron chi connectivity index (χ2n) is 6.50. The molecule has 1 fully saturated rings. The molecule has 2 aromatic rings. The van der Waals surface area contributed by atoms with Gasteiger partial charge in [0.05, 0.1) is 10.6 Å². The molecule has 2 N–H and O–H groups in total. The maximum Gasteiger partial charge on any atom is 0.238 e. The molecule has 0 aromatic heterocycles. The van der Waals surface area contributed by atoms with Gasteiger partial charge < -0.3 is 9.47 Å². The SMILES string of the molecule is NS(=O)(=O)c1ccc(C2=COC(C3CCCO3)N2c2ccc(Cl)cc2)cc1. The first-order valence-electron chi connectivity index (χ1n) is 8.59. The van der Waals surface area contributed by atoms with Gasteiger partial charge in [-0.25, -0.2) is 13.6 Å². The molecule has 2 unspecified atom stereocenters. The fraction of sp³-hybridized carbons (Fsp3) is 0.263. The number of halogens is 1. The fourth-order valence-electron chi connectivity index (χ4n) is 3.38. The Morgan fingerprint density at radius 1 is 1.07 bits per heavy atom. The zero-order chi connectivity index (χ0) is 19.0. The van der Waals surface area contributed by atoms with E-state index in [9.17, 15) is 8.42 Å². The molecule has 2 heterocycles. The summed E-state index contributed by atoms with van der Waals surface area (Å²) < 4.78 is 34.8. The van der Waals surface area contributed by atoms with E-state index in [4.69, 9.17) is 26.2 Å². The highest BCUT2D eigenvalue weighted by Crippen LogP contribution is 2.38. The van der Waals surface area contributed by atoms with E-state index in [0.29, 0.717) is 5.02 Å². The van der Waals surface area contributed by atoms with Gasteiger partial charge in [0.25, 0.3) is 0 Å². The molecule has 4 rings (SSSR count). The molecule has 8 heteroatoms. The Bertz CT molecular complexity index is 952. The Balaban J connectivity index is 1.70. The van der Waals surface area contributed by atoms with Gasteiger partial charge in [-0.15, -0.1) is 0 Å². The van der Waals surface area contributed by atoms with Crippen molar-refractivity contribution in [3.05, 3.63) is 65.4 Å². The highest BCUT2D eigenvalue weighted by molar-refractivity contribution is 7.89. The molecule has 0 amide bonds. The Hall–Kier alpha value is -2.06. The third kappa shape index (κ3) is 3.68. The molecule has 0 bridgehead atoms. The molecule has 0 radical (unpaired) electrons. The smallest absolute Gasteiger partial charge is 0.238 e. The third-order valence-corrected chi connectivity index (χ3v) is 5.88. The Kier molecular flexibility index (Phi) is 4.86. The van der Waals surface area contributed by atoms with Crippen molar-refractivity contribution < 1.29 is 17.9 Å². The van der Waals surface area contributed by atoms with E-state index in [1.807, 2.05) is 24.3 Å². The number of benzene rings is 2. The quantitative estimate of drug-likeness (QED) is 0.842. The van der Waals surface area contributed by atoms with E-state index in [1.165, 1.54) is 12.1 Å². The van der Waals surface area contributed by atoms with Crippen LogP contribution in [0, 0.1) is 0 Å². The van der Waals surface area contributed by atoms with Crippen LogP contribution in [0.15, 0.2) is 59.7 Å². The topological polar surface area (TPSA) is 81.9 Å². The molecule has 2 aliphatic rings. The van der Waals surface area contributed by atoms with Gasteiger partial charge in [0.15, 0.2) is 0 Å². The average molecular weight is 407 g/mol. The van der Waals surface area contributed by atoms with Crippen molar-refractivity contribution in [2.75, 3.05) is 11.5 Å². The number of anilines is 1. The maximum absolute atomic E-state index is 11.5. The largest absolute Gasteiger partial charge is 0.473 e. The van der Waals surface area contributed by atoms with E-state index < -0.39 is 10.0 Å². The standard InChI is InChI=1S/C19H19ClN2O4S/c20-14-5-7-15(8-6-14)22-17(12-26-19(22)18-2-1-11-25-18)13-3-9-16(10-4-13)27(21,23)24/h3-10,12,18-19H,1-2,11H2,(H2,21,23,24). The lowest BCUT2D eigenvalue weighted by atomic mass is 10.1. The monoisotopic (exact) mass is 406 g/mol. The van der Waals surface area contributed by atoms with Gasteiger partial charge in [0.1, 0.15) is 12.4 Å². The van der Waals surface area contributed by atoms with Crippen molar-refractivity contribution in [2.24, 2.45) is 5.14 Å². The van der Waals surface area contributed by atoms with E-state index in [0.717, 1.165) is 36.4 Å².